The van der Waals surface area contributed by atoms with E-state index in [-0.39, 0.29) is 28.8 Å². The summed E-state index contributed by atoms with van der Waals surface area (Å²) >= 11 is 0. The quantitative estimate of drug-likeness (QED) is 0.184. The highest BCUT2D eigenvalue weighted by Crippen LogP contribution is 2.61. The predicted octanol–water partition coefficient (Wildman–Crippen LogP) is 6.76. The van der Waals surface area contributed by atoms with Gasteiger partial charge in [0.05, 0.1) is 0 Å². The molecule has 3 aromatic rings. The largest absolute Gasteiger partial charge is 0.508 e. The number of ether oxygens (including phenoxy) is 2. The molecule has 3 aliphatic rings. The molecule has 7 nitrogen and oxygen atoms in total. The van der Waals surface area contributed by atoms with Gasteiger partial charge in [-0.15, -0.1) is 0 Å². The monoisotopic (exact) mass is 557 g/mol. The van der Waals surface area contributed by atoms with Gasteiger partial charge in [-0.3, -0.25) is 4.79 Å². The molecule has 0 aromatic heterocycles. The summed E-state index contributed by atoms with van der Waals surface area (Å²) in [5.74, 6) is 1.94. The number of hydrogen-bond donors (Lipinski definition) is 3. The van der Waals surface area contributed by atoms with Crippen LogP contribution in [0.5, 0.6) is 17.2 Å². The second-order valence-electron chi connectivity index (χ2n) is 11.7. The van der Waals surface area contributed by atoms with Crippen LogP contribution < -0.4 is 10.5 Å². The van der Waals surface area contributed by atoms with Crippen LogP contribution in [0.15, 0.2) is 66.7 Å². The maximum atomic E-state index is 11.8. The number of fused-ring (bicyclic) bond motifs is 5. The summed E-state index contributed by atoms with van der Waals surface area (Å²) in [5, 5.41) is 19.3. The number of para-hydroxylation sites is 1. The van der Waals surface area contributed by atoms with Gasteiger partial charge in [0.1, 0.15) is 28.9 Å². The van der Waals surface area contributed by atoms with Gasteiger partial charge >= 0.3 is 11.9 Å². The molecule has 41 heavy (non-hydrogen) atoms. The van der Waals surface area contributed by atoms with Crippen LogP contribution in [0.2, 0.25) is 0 Å². The van der Waals surface area contributed by atoms with Crippen molar-refractivity contribution in [2.75, 3.05) is 5.73 Å². The van der Waals surface area contributed by atoms with E-state index < -0.39 is 5.97 Å². The van der Waals surface area contributed by atoms with E-state index in [9.17, 15) is 19.8 Å². The predicted molar refractivity (Wildman–Crippen MR) is 157 cm³/mol. The maximum absolute atomic E-state index is 11.8. The minimum atomic E-state index is -0.617. The van der Waals surface area contributed by atoms with Crippen molar-refractivity contribution in [3.8, 4) is 17.2 Å². The molecule has 2 saturated carbocycles. The van der Waals surface area contributed by atoms with Crippen molar-refractivity contribution in [1.82, 2.24) is 0 Å². The first-order valence-corrected chi connectivity index (χ1v) is 14.6. The molecular formula is C34H39NO6. The number of nitrogen functional groups attached to an aromatic ring is 1. The van der Waals surface area contributed by atoms with E-state index in [1.807, 2.05) is 25.1 Å². The lowest BCUT2D eigenvalue weighted by Crippen LogP contribution is -2.45. The SMILES string of the molecule is CCC(=O)OC1CCC2C3CCc4cc(O)ccc4C3CCC12C.Nc1ccc(C(=O)Oc2ccccc2)c(O)c1. The van der Waals surface area contributed by atoms with Gasteiger partial charge in [-0.1, -0.05) is 38.1 Å². The first-order valence-electron chi connectivity index (χ1n) is 14.6. The molecule has 0 saturated heterocycles. The van der Waals surface area contributed by atoms with Crippen molar-refractivity contribution in [2.45, 2.75) is 70.8 Å². The third-order valence-corrected chi connectivity index (χ3v) is 9.38. The molecule has 216 valence electrons. The van der Waals surface area contributed by atoms with Crippen LogP contribution in [0, 0.1) is 17.3 Å². The Kier molecular flexibility index (Phi) is 8.25. The van der Waals surface area contributed by atoms with Gasteiger partial charge in [0.25, 0.3) is 0 Å². The number of benzene rings is 3. The van der Waals surface area contributed by atoms with Gasteiger partial charge in [0.2, 0.25) is 0 Å². The van der Waals surface area contributed by atoms with Gasteiger partial charge in [-0.05, 0) is 104 Å². The maximum Gasteiger partial charge on any atom is 0.347 e. The number of carbonyl (C=O) groups excluding carboxylic acids is 2. The number of nitrogens with two attached hydrogens (primary N) is 1. The molecule has 0 radical (unpaired) electrons. The van der Waals surface area contributed by atoms with E-state index in [4.69, 9.17) is 15.2 Å². The first-order chi connectivity index (χ1) is 19.7. The lowest BCUT2D eigenvalue weighted by atomic mass is 9.55. The van der Waals surface area contributed by atoms with Crippen LogP contribution in [0.1, 0.15) is 79.8 Å². The molecule has 0 aliphatic heterocycles. The molecule has 4 N–H and O–H groups in total. The van der Waals surface area contributed by atoms with E-state index >= 15 is 0 Å². The van der Waals surface area contributed by atoms with E-state index in [1.165, 1.54) is 48.6 Å². The summed E-state index contributed by atoms with van der Waals surface area (Å²) in [5.41, 5.74) is 8.89. The number of aryl methyl sites for hydroxylation is 1. The van der Waals surface area contributed by atoms with Crippen LogP contribution in [-0.2, 0) is 16.0 Å². The fourth-order valence-corrected chi connectivity index (χ4v) is 7.33. The number of phenolic OH excluding ortho intramolecular Hbond substituents is 2. The molecule has 0 amide bonds. The zero-order valence-corrected chi connectivity index (χ0v) is 23.7. The molecule has 7 heteroatoms. The van der Waals surface area contributed by atoms with Gasteiger partial charge in [0.15, 0.2) is 0 Å². The van der Waals surface area contributed by atoms with Crippen molar-refractivity contribution in [3.05, 3.63) is 83.4 Å². The van der Waals surface area contributed by atoms with Crippen molar-refractivity contribution in [1.29, 1.82) is 0 Å². The van der Waals surface area contributed by atoms with Gasteiger partial charge in [-0.2, -0.15) is 0 Å². The molecule has 2 fully saturated rings. The first kappa shape index (κ1) is 28.5. The lowest BCUT2D eigenvalue weighted by molar-refractivity contribution is -0.157. The fraction of sp³-hybridized carbons (Fsp3) is 0.412. The van der Waals surface area contributed by atoms with Crippen molar-refractivity contribution in [3.63, 3.8) is 0 Å². The number of carbonyl (C=O) groups is 2. The molecule has 5 unspecified atom stereocenters. The molecule has 0 heterocycles. The van der Waals surface area contributed by atoms with E-state index in [0.29, 0.717) is 41.4 Å². The highest BCUT2D eigenvalue weighted by atomic mass is 16.5. The fourth-order valence-electron chi connectivity index (χ4n) is 7.33. The smallest absolute Gasteiger partial charge is 0.347 e. The number of aromatic hydroxyl groups is 2. The van der Waals surface area contributed by atoms with Crippen LogP contribution in [0.25, 0.3) is 0 Å². The van der Waals surface area contributed by atoms with Gasteiger partial charge < -0.3 is 25.4 Å². The Morgan fingerprint density at radius 2 is 1.76 bits per heavy atom. The summed E-state index contributed by atoms with van der Waals surface area (Å²) in [6, 6.07) is 18.9. The Balaban J connectivity index is 0.000000175. The number of hydrogen-bond acceptors (Lipinski definition) is 7. The zero-order chi connectivity index (χ0) is 29.1. The lowest BCUT2D eigenvalue weighted by Gasteiger charge is -2.50. The van der Waals surface area contributed by atoms with E-state index in [0.717, 1.165) is 19.3 Å². The average molecular weight is 558 g/mol. The zero-order valence-electron chi connectivity index (χ0n) is 23.7. The Morgan fingerprint density at radius 3 is 2.49 bits per heavy atom. The van der Waals surface area contributed by atoms with Crippen LogP contribution >= 0.6 is 0 Å². The Bertz CT molecular complexity index is 1410. The second-order valence-corrected chi connectivity index (χ2v) is 11.7. The average Bonchev–Trinajstić information content (AvgIpc) is 3.29. The molecule has 3 aliphatic carbocycles. The van der Waals surface area contributed by atoms with Crippen LogP contribution in [0.3, 0.4) is 0 Å². The third kappa shape index (κ3) is 5.90. The third-order valence-electron chi connectivity index (χ3n) is 9.38. The Labute approximate surface area is 241 Å². The van der Waals surface area contributed by atoms with Crippen molar-refractivity contribution >= 4 is 17.6 Å². The van der Waals surface area contributed by atoms with Crippen molar-refractivity contribution in [2.24, 2.45) is 17.3 Å². The van der Waals surface area contributed by atoms with Crippen molar-refractivity contribution < 1.29 is 29.3 Å². The molecule has 3 aromatic carbocycles. The Hall–Kier alpha value is -4.00. The minimum absolute atomic E-state index is 0.0477. The molecule has 0 bridgehead atoms. The number of anilines is 1. The van der Waals surface area contributed by atoms with Gasteiger partial charge in [0, 0.05) is 23.6 Å². The molecule has 5 atom stereocenters. The molecule has 6 rings (SSSR count). The van der Waals surface area contributed by atoms with Gasteiger partial charge in [-0.25, -0.2) is 4.79 Å². The number of rotatable bonds is 4. The summed E-state index contributed by atoms with van der Waals surface area (Å²) in [6.45, 7) is 4.24. The highest BCUT2D eigenvalue weighted by molar-refractivity contribution is 5.94. The standard InChI is InChI=1S/C21H28O3.C13H11NO3/c1-3-20(23)24-19-9-8-18-17-6-4-13-12-14(22)5-7-15(13)16(17)10-11-21(18,19)2;14-9-6-7-11(12(15)8-9)13(16)17-10-4-2-1-3-5-10/h5,7,12,16-19,22H,3-4,6,8-11H2,1-2H3;1-8,15H,14H2. The highest BCUT2D eigenvalue weighted by Gasteiger charge is 2.56. The summed E-state index contributed by atoms with van der Waals surface area (Å²) in [7, 11) is 0. The summed E-state index contributed by atoms with van der Waals surface area (Å²) < 4.78 is 10.9. The van der Waals surface area contributed by atoms with E-state index in [2.05, 4.69) is 13.0 Å². The summed E-state index contributed by atoms with van der Waals surface area (Å²) in [4.78, 5) is 23.5. The Morgan fingerprint density at radius 1 is 0.976 bits per heavy atom. The summed E-state index contributed by atoms with van der Waals surface area (Å²) in [6.07, 6.45) is 7.38. The number of esters is 2. The minimum Gasteiger partial charge on any atom is -0.508 e. The number of phenols is 2. The molecular weight excluding hydrogens is 518 g/mol. The van der Waals surface area contributed by atoms with Crippen LogP contribution in [0.4, 0.5) is 5.69 Å². The van der Waals surface area contributed by atoms with Crippen LogP contribution in [-0.4, -0.2) is 28.3 Å². The second kappa shape index (κ2) is 11.9. The normalized spacial score (nSPS) is 25.9. The molecule has 0 spiro atoms. The topological polar surface area (TPSA) is 119 Å². The van der Waals surface area contributed by atoms with E-state index in [1.54, 1.807) is 24.3 Å².